The maximum Gasteiger partial charge on any atom is 0.124 e. The van der Waals surface area contributed by atoms with Crippen molar-refractivity contribution in [3.05, 3.63) is 63.6 Å². The van der Waals surface area contributed by atoms with Gasteiger partial charge in [-0.3, -0.25) is 0 Å². The summed E-state index contributed by atoms with van der Waals surface area (Å²) in [5.41, 5.74) is 9.52. The van der Waals surface area contributed by atoms with Crippen LogP contribution in [0, 0.1) is 0 Å². The molecule has 0 saturated heterocycles. The summed E-state index contributed by atoms with van der Waals surface area (Å²) in [7, 11) is 0. The normalized spacial score (nSPS) is 12.2. The molecule has 20 heavy (non-hydrogen) atoms. The minimum atomic E-state index is -0.0510. The van der Waals surface area contributed by atoms with Gasteiger partial charge in [0.25, 0.3) is 0 Å². The zero-order valence-corrected chi connectivity index (χ0v) is 13.5. The van der Waals surface area contributed by atoms with Crippen LogP contribution >= 0.6 is 15.9 Å². The monoisotopic (exact) mass is 333 g/mol. The fraction of sp³-hybridized carbons (Fsp3) is 0.294. The molecule has 2 aromatic carbocycles. The molecule has 0 saturated carbocycles. The van der Waals surface area contributed by atoms with Crippen LogP contribution in [0.3, 0.4) is 0 Å². The van der Waals surface area contributed by atoms with Crippen LogP contribution in [0.4, 0.5) is 0 Å². The van der Waals surface area contributed by atoms with Crippen LogP contribution in [0.15, 0.2) is 46.9 Å². The van der Waals surface area contributed by atoms with E-state index in [0.717, 1.165) is 22.2 Å². The van der Waals surface area contributed by atoms with Crippen molar-refractivity contribution < 1.29 is 4.74 Å². The van der Waals surface area contributed by atoms with E-state index in [0.29, 0.717) is 6.61 Å². The lowest BCUT2D eigenvalue weighted by Gasteiger charge is -2.14. The molecule has 0 spiro atoms. The van der Waals surface area contributed by atoms with Gasteiger partial charge >= 0.3 is 0 Å². The lowest BCUT2D eigenvalue weighted by Crippen LogP contribution is -2.08. The second-order valence-electron chi connectivity index (χ2n) is 4.93. The zero-order chi connectivity index (χ0) is 14.5. The minimum Gasteiger partial charge on any atom is -0.489 e. The third-order valence-corrected chi connectivity index (χ3v) is 3.78. The van der Waals surface area contributed by atoms with Crippen molar-refractivity contribution in [2.45, 2.75) is 32.9 Å². The standard InChI is InChI=1S/C17H20BrNO/c1-3-13-4-6-14(7-5-13)11-20-17-9-8-15(18)10-16(17)12(2)19/h4-10,12H,3,11,19H2,1-2H3/t12-/m1/s1. The Balaban J connectivity index is 2.10. The number of rotatable bonds is 5. The van der Waals surface area contributed by atoms with Crippen molar-refractivity contribution in [2.24, 2.45) is 5.73 Å². The van der Waals surface area contributed by atoms with Gasteiger partial charge in [0.05, 0.1) is 0 Å². The summed E-state index contributed by atoms with van der Waals surface area (Å²) in [6.45, 7) is 4.68. The summed E-state index contributed by atoms with van der Waals surface area (Å²) in [5, 5.41) is 0. The van der Waals surface area contributed by atoms with Gasteiger partial charge in [0.15, 0.2) is 0 Å². The number of benzene rings is 2. The molecule has 0 aliphatic carbocycles. The SMILES string of the molecule is CCc1ccc(COc2ccc(Br)cc2[C@@H](C)N)cc1. The molecule has 1 atom stereocenters. The van der Waals surface area contributed by atoms with Crippen molar-refractivity contribution in [3.8, 4) is 5.75 Å². The Labute approximate surface area is 129 Å². The van der Waals surface area contributed by atoms with Gasteiger partial charge in [0.1, 0.15) is 12.4 Å². The van der Waals surface area contributed by atoms with Crippen molar-refractivity contribution in [1.29, 1.82) is 0 Å². The number of ether oxygens (including phenoxy) is 1. The van der Waals surface area contributed by atoms with Crippen LogP contribution in [0.25, 0.3) is 0 Å². The highest BCUT2D eigenvalue weighted by atomic mass is 79.9. The molecule has 2 nitrogen and oxygen atoms in total. The molecule has 0 bridgehead atoms. The summed E-state index contributed by atoms with van der Waals surface area (Å²) in [5.74, 6) is 0.850. The molecule has 0 aliphatic heterocycles. The predicted octanol–water partition coefficient (Wildman–Crippen LogP) is 4.61. The maximum absolute atomic E-state index is 5.99. The van der Waals surface area contributed by atoms with E-state index in [2.05, 4.69) is 47.1 Å². The van der Waals surface area contributed by atoms with Gasteiger partial charge in [-0.05, 0) is 42.7 Å². The van der Waals surface area contributed by atoms with Gasteiger partial charge in [-0.2, -0.15) is 0 Å². The predicted molar refractivity (Wildman–Crippen MR) is 86.9 cm³/mol. The number of nitrogens with two attached hydrogens (primary N) is 1. The molecule has 0 heterocycles. The van der Waals surface area contributed by atoms with E-state index in [1.165, 1.54) is 11.1 Å². The van der Waals surface area contributed by atoms with E-state index in [1.54, 1.807) is 0 Å². The van der Waals surface area contributed by atoms with E-state index in [4.69, 9.17) is 10.5 Å². The average Bonchev–Trinajstić information content (AvgIpc) is 2.46. The van der Waals surface area contributed by atoms with Crippen molar-refractivity contribution in [1.82, 2.24) is 0 Å². The van der Waals surface area contributed by atoms with Gasteiger partial charge in [0.2, 0.25) is 0 Å². The molecule has 0 aromatic heterocycles. The Bertz CT molecular complexity index is 564. The van der Waals surface area contributed by atoms with Crippen LogP contribution in [0.2, 0.25) is 0 Å². The molecule has 0 aliphatic rings. The zero-order valence-electron chi connectivity index (χ0n) is 11.9. The molecule has 0 unspecified atom stereocenters. The molecule has 2 rings (SSSR count). The van der Waals surface area contributed by atoms with Crippen molar-refractivity contribution >= 4 is 15.9 Å². The lowest BCUT2D eigenvalue weighted by atomic mass is 10.1. The number of hydrogen-bond acceptors (Lipinski definition) is 2. The molecular weight excluding hydrogens is 314 g/mol. The van der Waals surface area contributed by atoms with Crippen LogP contribution in [0.1, 0.15) is 36.6 Å². The lowest BCUT2D eigenvalue weighted by molar-refractivity contribution is 0.301. The van der Waals surface area contributed by atoms with Gasteiger partial charge in [-0.25, -0.2) is 0 Å². The highest BCUT2D eigenvalue weighted by molar-refractivity contribution is 9.10. The molecule has 0 fully saturated rings. The fourth-order valence-electron chi connectivity index (χ4n) is 2.04. The van der Waals surface area contributed by atoms with Gasteiger partial charge < -0.3 is 10.5 Å². The molecule has 0 amide bonds. The average molecular weight is 334 g/mol. The molecule has 2 N–H and O–H groups in total. The highest BCUT2D eigenvalue weighted by Gasteiger charge is 2.09. The Morgan fingerprint density at radius 1 is 1.10 bits per heavy atom. The highest BCUT2D eigenvalue weighted by Crippen LogP contribution is 2.28. The van der Waals surface area contributed by atoms with E-state index in [-0.39, 0.29) is 6.04 Å². The summed E-state index contributed by atoms with van der Waals surface area (Å²) in [4.78, 5) is 0. The molecule has 3 heteroatoms. The number of hydrogen-bond donors (Lipinski definition) is 1. The van der Waals surface area contributed by atoms with Crippen molar-refractivity contribution in [3.63, 3.8) is 0 Å². The number of aryl methyl sites for hydroxylation is 1. The number of halogens is 1. The van der Waals surface area contributed by atoms with Crippen LogP contribution in [0.5, 0.6) is 5.75 Å². The quantitative estimate of drug-likeness (QED) is 0.867. The summed E-state index contributed by atoms with van der Waals surface area (Å²) in [6.07, 6.45) is 1.06. The third kappa shape index (κ3) is 3.84. The van der Waals surface area contributed by atoms with Gasteiger partial charge in [-0.15, -0.1) is 0 Å². The summed E-state index contributed by atoms with van der Waals surface area (Å²) >= 11 is 3.47. The van der Waals surface area contributed by atoms with Gasteiger partial charge in [-0.1, -0.05) is 47.1 Å². The van der Waals surface area contributed by atoms with E-state index < -0.39 is 0 Å². The Morgan fingerprint density at radius 3 is 2.35 bits per heavy atom. The van der Waals surface area contributed by atoms with Gasteiger partial charge in [0, 0.05) is 16.1 Å². The van der Waals surface area contributed by atoms with Crippen LogP contribution in [-0.2, 0) is 13.0 Å². The Kier molecular flexibility index (Phi) is 5.21. The Hall–Kier alpha value is -1.32. The fourth-order valence-corrected chi connectivity index (χ4v) is 2.42. The maximum atomic E-state index is 5.99. The second-order valence-corrected chi connectivity index (χ2v) is 5.85. The minimum absolute atomic E-state index is 0.0510. The van der Waals surface area contributed by atoms with E-state index in [9.17, 15) is 0 Å². The van der Waals surface area contributed by atoms with Crippen molar-refractivity contribution in [2.75, 3.05) is 0 Å². The first-order valence-corrected chi connectivity index (χ1v) is 7.65. The second kappa shape index (κ2) is 6.91. The molecule has 106 valence electrons. The summed E-state index contributed by atoms with van der Waals surface area (Å²) < 4.78 is 6.93. The smallest absolute Gasteiger partial charge is 0.124 e. The summed E-state index contributed by atoms with van der Waals surface area (Å²) in [6, 6.07) is 14.4. The molecule has 2 aromatic rings. The van der Waals surface area contributed by atoms with E-state index >= 15 is 0 Å². The molecule has 0 radical (unpaired) electrons. The molecular formula is C17H20BrNO. The first-order valence-electron chi connectivity index (χ1n) is 6.85. The first-order chi connectivity index (χ1) is 9.60. The van der Waals surface area contributed by atoms with Crippen LogP contribution < -0.4 is 10.5 Å². The third-order valence-electron chi connectivity index (χ3n) is 3.29. The first kappa shape index (κ1) is 15.1. The largest absolute Gasteiger partial charge is 0.489 e. The van der Waals surface area contributed by atoms with E-state index in [1.807, 2.05) is 25.1 Å². The topological polar surface area (TPSA) is 35.2 Å². The van der Waals surface area contributed by atoms with Crippen LogP contribution in [-0.4, -0.2) is 0 Å². The Morgan fingerprint density at radius 2 is 1.75 bits per heavy atom.